The maximum absolute atomic E-state index is 12.6. The summed E-state index contributed by atoms with van der Waals surface area (Å²) in [4.78, 5) is 39.2. The highest BCUT2D eigenvalue weighted by Gasteiger charge is 2.45. The van der Waals surface area contributed by atoms with E-state index in [4.69, 9.17) is 13.9 Å². The number of allylic oxidation sites excluding steroid dienone is 2. The highest BCUT2D eigenvalue weighted by Crippen LogP contribution is 2.42. The molecule has 2 atom stereocenters. The largest absolute Gasteiger partial charge is 0.447 e. The Morgan fingerprint density at radius 2 is 1.71 bits per heavy atom. The highest BCUT2D eigenvalue weighted by atomic mass is 28.4. The van der Waals surface area contributed by atoms with Crippen LogP contribution < -0.4 is 0 Å². The van der Waals surface area contributed by atoms with Gasteiger partial charge in [0.1, 0.15) is 13.2 Å². The van der Waals surface area contributed by atoms with Crippen LogP contribution in [0, 0.1) is 17.8 Å². The predicted octanol–water partition coefficient (Wildman–Crippen LogP) is 5.90. The van der Waals surface area contributed by atoms with Crippen LogP contribution in [0.1, 0.15) is 68.7 Å². The smallest absolute Gasteiger partial charge is 0.417 e. The Labute approximate surface area is 229 Å². The molecular weight excluding hydrogens is 500 g/mol. The number of hydrogen-bond acceptors (Lipinski definition) is 6. The number of amides is 3. The van der Waals surface area contributed by atoms with E-state index in [9.17, 15) is 14.4 Å². The first-order chi connectivity index (χ1) is 17.7. The molecule has 0 saturated carbocycles. The van der Waals surface area contributed by atoms with Gasteiger partial charge in [0.05, 0.1) is 18.1 Å². The molecule has 212 valence electrons. The third kappa shape index (κ3) is 7.51. The minimum absolute atomic E-state index is 0.124. The molecule has 0 spiro atoms. The van der Waals surface area contributed by atoms with Gasteiger partial charge in [-0.1, -0.05) is 72.5 Å². The van der Waals surface area contributed by atoms with Gasteiger partial charge in [0, 0.05) is 12.7 Å². The molecule has 2 heterocycles. The second-order valence-electron chi connectivity index (χ2n) is 11.9. The third-order valence-electron chi connectivity index (χ3n) is 7.45. The van der Waals surface area contributed by atoms with Gasteiger partial charge in [-0.2, -0.15) is 0 Å². The molecule has 2 rings (SSSR count). The number of nitrogens with zero attached hydrogens (tertiary/aromatic N) is 2. The fourth-order valence-corrected chi connectivity index (χ4v) is 11.1. The lowest BCUT2D eigenvalue weighted by Crippen LogP contribution is -2.48. The van der Waals surface area contributed by atoms with Crippen molar-refractivity contribution in [2.45, 2.75) is 96.9 Å². The van der Waals surface area contributed by atoms with Crippen LogP contribution in [0.4, 0.5) is 9.59 Å². The van der Waals surface area contributed by atoms with E-state index in [0.717, 1.165) is 17.9 Å². The van der Waals surface area contributed by atoms with E-state index in [2.05, 4.69) is 60.3 Å². The normalized spacial score (nSPS) is 20.6. The molecule has 0 bridgehead atoms. The van der Waals surface area contributed by atoms with E-state index in [0.29, 0.717) is 22.5 Å². The molecular formula is C29H46N2O6Si. The summed E-state index contributed by atoms with van der Waals surface area (Å²) in [5.74, 6) is 5.87. The van der Waals surface area contributed by atoms with E-state index in [1.54, 1.807) is 19.9 Å². The monoisotopic (exact) mass is 546 g/mol. The zero-order valence-corrected chi connectivity index (χ0v) is 25.6. The predicted molar refractivity (Wildman–Crippen MR) is 151 cm³/mol. The van der Waals surface area contributed by atoms with E-state index < -0.39 is 38.0 Å². The first-order valence-corrected chi connectivity index (χ1v) is 15.8. The first kappa shape index (κ1) is 31.6. The summed E-state index contributed by atoms with van der Waals surface area (Å²) in [5, 5.41) is 0. The molecule has 0 aromatic carbocycles. The van der Waals surface area contributed by atoms with Crippen LogP contribution >= 0.6 is 0 Å². The summed E-state index contributed by atoms with van der Waals surface area (Å²) in [6.45, 7) is 20.7. The van der Waals surface area contributed by atoms with Crippen LogP contribution in [0.15, 0.2) is 24.3 Å². The van der Waals surface area contributed by atoms with Crippen molar-refractivity contribution in [1.82, 2.24) is 9.80 Å². The van der Waals surface area contributed by atoms with Crippen LogP contribution in [0.3, 0.4) is 0 Å². The SMILES string of the molecule is CC(C)[Si](OC[C@H](C)C/C=C/C#CCN1C(=O)OC[C@@H]1/C=C/C(=O)N1C(=O)OCC1(C)C)(C(C)C)C(C)C. The fraction of sp³-hybridized carbons (Fsp3) is 0.690. The van der Waals surface area contributed by atoms with Crippen LogP contribution in [0.25, 0.3) is 0 Å². The van der Waals surface area contributed by atoms with E-state index >= 15 is 0 Å². The standard InChI is InChI=1S/C29H46N2O6Si/c1-21(2)38(22(3)4,23(5)6)37-18-24(7)14-12-10-11-13-17-30-25(19-35-27(30)33)15-16-26(32)31-28(34)36-20-29(31,8)9/h10,12,15-16,21-25H,14,17-20H2,1-9H3/b12-10+,16-15+/t24-,25+/m1/s1. The summed E-state index contributed by atoms with van der Waals surface area (Å²) in [7, 11) is -1.86. The molecule has 0 N–H and O–H groups in total. The number of imide groups is 1. The molecule has 0 aromatic rings. The summed E-state index contributed by atoms with van der Waals surface area (Å²) >= 11 is 0. The number of cyclic esters (lactones) is 2. The second-order valence-corrected chi connectivity index (χ2v) is 17.3. The van der Waals surface area contributed by atoms with Crippen LogP contribution in [0.2, 0.25) is 16.6 Å². The van der Waals surface area contributed by atoms with Gasteiger partial charge >= 0.3 is 12.2 Å². The Hall–Kier alpha value is -2.57. The molecule has 8 nitrogen and oxygen atoms in total. The first-order valence-electron chi connectivity index (χ1n) is 13.6. The Balaban J connectivity index is 1.88. The van der Waals surface area contributed by atoms with Crippen molar-refractivity contribution in [2.75, 3.05) is 26.4 Å². The lowest BCUT2D eigenvalue weighted by atomic mass is 10.1. The zero-order chi connectivity index (χ0) is 28.7. The lowest BCUT2D eigenvalue weighted by Gasteiger charge is -2.42. The van der Waals surface area contributed by atoms with Gasteiger partial charge in [-0.25, -0.2) is 14.5 Å². The van der Waals surface area contributed by atoms with Gasteiger partial charge < -0.3 is 13.9 Å². The number of ether oxygens (including phenoxy) is 2. The molecule has 2 fully saturated rings. The van der Waals surface area contributed by atoms with Crippen molar-refractivity contribution < 1.29 is 28.3 Å². The molecule has 0 aliphatic carbocycles. The lowest BCUT2D eigenvalue weighted by molar-refractivity contribution is -0.125. The van der Waals surface area contributed by atoms with Crippen molar-refractivity contribution in [3.63, 3.8) is 0 Å². The fourth-order valence-electron chi connectivity index (χ4n) is 5.48. The quantitative estimate of drug-likeness (QED) is 0.182. The van der Waals surface area contributed by atoms with Crippen LogP contribution in [-0.4, -0.2) is 74.2 Å². The van der Waals surface area contributed by atoms with Crippen molar-refractivity contribution in [3.8, 4) is 11.8 Å². The van der Waals surface area contributed by atoms with E-state index in [1.165, 1.54) is 11.0 Å². The van der Waals surface area contributed by atoms with Gasteiger partial charge in [0.25, 0.3) is 5.91 Å². The molecule has 0 radical (unpaired) electrons. The van der Waals surface area contributed by atoms with Crippen molar-refractivity contribution in [2.24, 2.45) is 5.92 Å². The van der Waals surface area contributed by atoms with E-state index in [1.807, 2.05) is 12.2 Å². The number of rotatable bonds is 11. The van der Waals surface area contributed by atoms with Gasteiger partial charge in [-0.3, -0.25) is 9.69 Å². The third-order valence-corrected chi connectivity index (χ3v) is 13.5. The number of carbonyl (C=O) groups excluding carboxylic acids is 3. The topological polar surface area (TPSA) is 85.4 Å². The zero-order valence-electron chi connectivity index (χ0n) is 24.6. The number of hydrogen-bond donors (Lipinski definition) is 0. The van der Waals surface area contributed by atoms with Crippen molar-refractivity contribution >= 4 is 26.4 Å². The number of carbonyl (C=O) groups is 3. The minimum Gasteiger partial charge on any atom is -0.447 e. The molecule has 2 aliphatic rings. The average Bonchev–Trinajstić information content (AvgIpc) is 3.31. The Morgan fingerprint density at radius 3 is 2.26 bits per heavy atom. The Kier molecular flexibility index (Phi) is 11.2. The molecule has 0 unspecified atom stereocenters. The Morgan fingerprint density at radius 1 is 1.08 bits per heavy atom. The minimum atomic E-state index is -1.86. The molecule has 38 heavy (non-hydrogen) atoms. The van der Waals surface area contributed by atoms with Crippen LogP contribution in [0.5, 0.6) is 0 Å². The second kappa shape index (κ2) is 13.5. The Bertz CT molecular complexity index is 954. The van der Waals surface area contributed by atoms with Gasteiger partial charge in [-0.05, 0) is 48.9 Å². The van der Waals surface area contributed by atoms with Crippen molar-refractivity contribution in [3.05, 3.63) is 24.3 Å². The summed E-state index contributed by atoms with van der Waals surface area (Å²) in [6.07, 6.45) is 6.43. The summed E-state index contributed by atoms with van der Waals surface area (Å²) in [6, 6.07) is -0.434. The van der Waals surface area contributed by atoms with Gasteiger partial charge in [0.15, 0.2) is 8.32 Å². The van der Waals surface area contributed by atoms with Gasteiger partial charge in [-0.15, -0.1) is 0 Å². The van der Waals surface area contributed by atoms with E-state index in [-0.39, 0.29) is 19.8 Å². The van der Waals surface area contributed by atoms with Crippen LogP contribution in [-0.2, 0) is 18.7 Å². The van der Waals surface area contributed by atoms with Crippen molar-refractivity contribution in [1.29, 1.82) is 0 Å². The average molecular weight is 547 g/mol. The summed E-state index contributed by atoms with van der Waals surface area (Å²) < 4.78 is 16.8. The maximum atomic E-state index is 12.6. The molecule has 2 aliphatic heterocycles. The van der Waals surface area contributed by atoms with Gasteiger partial charge in [0.2, 0.25) is 0 Å². The molecule has 3 amide bonds. The maximum Gasteiger partial charge on any atom is 0.417 e. The summed E-state index contributed by atoms with van der Waals surface area (Å²) in [5.41, 5.74) is 0.973. The molecule has 9 heteroatoms. The molecule has 0 aromatic heterocycles. The highest BCUT2D eigenvalue weighted by molar-refractivity contribution is 6.77. The molecule has 2 saturated heterocycles.